The SMILES string of the molecule is C=Cc1c(NS(=O)(=O)N(C)CC)ccc(F)c1C(=O)c1c[nH]c2ncc(-c3cnc(N4CCNCC4)nc3)cc12. The van der Waals surface area contributed by atoms with Crippen LogP contribution < -0.4 is 14.9 Å². The van der Waals surface area contributed by atoms with E-state index in [9.17, 15) is 13.2 Å². The highest BCUT2D eigenvalue weighted by Crippen LogP contribution is 2.31. The maximum Gasteiger partial charge on any atom is 0.301 e. The van der Waals surface area contributed by atoms with Crippen LogP contribution in [0.5, 0.6) is 0 Å². The van der Waals surface area contributed by atoms with Crippen molar-refractivity contribution in [3.63, 3.8) is 0 Å². The summed E-state index contributed by atoms with van der Waals surface area (Å²) in [5.74, 6) is -0.806. The van der Waals surface area contributed by atoms with E-state index in [1.807, 2.05) is 0 Å². The van der Waals surface area contributed by atoms with Gasteiger partial charge in [-0.2, -0.15) is 12.7 Å². The Bertz CT molecular complexity index is 1680. The number of aromatic nitrogens is 4. The molecule has 3 aromatic heterocycles. The molecule has 1 aromatic carbocycles. The molecule has 3 N–H and O–H groups in total. The monoisotopic (exact) mass is 564 g/mol. The number of piperazine rings is 1. The largest absolute Gasteiger partial charge is 0.345 e. The van der Waals surface area contributed by atoms with Crippen molar-refractivity contribution in [1.82, 2.24) is 29.6 Å². The average Bonchev–Trinajstić information content (AvgIpc) is 3.41. The maximum atomic E-state index is 15.1. The Morgan fingerprint density at radius 1 is 1.18 bits per heavy atom. The van der Waals surface area contributed by atoms with E-state index < -0.39 is 21.8 Å². The zero-order valence-corrected chi connectivity index (χ0v) is 22.9. The van der Waals surface area contributed by atoms with Crippen LogP contribution in [0.3, 0.4) is 0 Å². The van der Waals surface area contributed by atoms with Crippen LogP contribution in [-0.2, 0) is 10.2 Å². The molecule has 208 valence electrons. The molecule has 0 unspecified atom stereocenters. The number of carbonyl (C=O) groups is 1. The first kappa shape index (κ1) is 27.4. The smallest absolute Gasteiger partial charge is 0.301 e. The van der Waals surface area contributed by atoms with E-state index in [-0.39, 0.29) is 28.9 Å². The van der Waals surface area contributed by atoms with Crippen LogP contribution in [0, 0.1) is 5.82 Å². The molecule has 0 saturated carbocycles. The molecule has 4 heterocycles. The van der Waals surface area contributed by atoms with Gasteiger partial charge >= 0.3 is 10.2 Å². The number of benzene rings is 1. The highest BCUT2D eigenvalue weighted by Gasteiger charge is 2.25. The summed E-state index contributed by atoms with van der Waals surface area (Å²) in [4.78, 5) is 32.2. The second kappa shape index (κ2) is 11.1. The van der Waals surface area contributed by atoms with Gasteiger partial charge in [-0.15, -0.1) is 0 Å². The number of rotatable bonds is 9. The molecule has 4 aromatic rings. The molecule has 1 saturated heterocycles. The van der Waals surface area contributed by atoms with E-state index in [1.54, 1.807) is 31.6 Å². The minimum atomic E-state index is -3.92. The third-order valence-electron chi connectivity index (χ3n) is 6.87. The number of anilines is 2. The van der Waals surface area contributed by atoms with Crippen molar-refractivity contribution in [3.8, 4) is 11.1 Å². The van der Waals surface area contributed by atoms with Gasteiger partial charge < -0.3 is 15.2 Å². The van der Waals surface area contributed by atoms with Crippen molar-refractivity contribution in [2.45, 2.75) is 6.92 Å². The van der Waals surface area contributed by atoms with Crippen molar-refractivity contribution in [1.29, 1.82) is 0 Å². The van der Waals surface area contributed by atoms with Crippen molar-refractivity contribution in [3.05, 3.63) is 72.1 Å². The number of hydrogen-bond donors (Lipinski definition) is 3. The summed E-state index contributed by atoms with van der Waals surface area (Å²) >= 11 is 0. The molecule has 13 heteroatoms. The summed E-state index contributed by atoms with van der Waals surface area (Å²) in [6.07, 6.45) is 7.78. The lowest BCUT2D eigenvalue weighted by atomic mass is 9.96. The van der Waals surface area contributed by atoms with E-state index in [0.717, 1.165) is 36.6 Å². The van der Waals surface area contributed by atoms with Crippen LogP contribution in [0.15, 0.2) is 49.6 Å². The Balaban J connectivity index is 1.51. The van der Waals surface area contributed by atoms with Gasteiger partial charge in [0.05, 0.1) is 11.3 Å². The van der Waals surface area contributed by atoms with Crippen LogP contribution in [0.4, 0.5) is 16.0 Å². The summed E-state index contributed by atoms with van der Waals surface area (Å²) < 4.78 is 43.9. The molecule has 0 bridgehead atoms. The van der Waals surface area contributed by atoms with Gasteiger partial charge in [0.15, 0.2) is 5.78 Å². The van der Waals surface area contributed by atoms with E-state index in [0.29, 0.717) is 28.1 Å². The number of fused-ring (bicyclic) bond motifs is 1. The van der Waals surface area contributed by atoms with Gasteiger partial charge in [0.1, 0.15) is 11.5 Å². The quantitative estimate of drug-likeness (QED) is 0.264. The maximum absolute atomic E-state index is 15.1. The number of halogens is 1. The summed E-state index contributed by atoms with van der Waals surface area (Å²) in [7, 11) is -2.51. The molecular weight excluding hydrogens is 535 g/mol. The zero-order chi connectivity index (χ0) is 28.4. The first-order valence-corrected chi connectivity index (χ1v) is 14.2. The predicted octanol–water partition coefficient (Wildman–Crippen LogP) is 3.05. The minimum absolute atomic E-state index is 0.0356. The number of nitrogens with zero attached hydrogens (tertiary/aromatic N) is 5. The molecule has 0 amide bonds. The van der Waals surface area contributed by atoms with Crippen molar-refractivity contribution >= 4 is 44.7 Å². The lowest BCUT2D eigenvalue weighted by Gasteiger charge is -2.27. The van der Waals surface area contributed by atoms with E-state index in [1.165, 1.54) is 25.4 Å². The van der Waals surface area contributed by atoms with Crippen molar-refractivity contribution in [2.24, 2.45) is 0 Å². The summed E-state index contributed by atoms with van der Waals surface area (Å²) in [5.41, 5.74) is 1.78. The Morgan fingerprint density at radius 3 is 2.55 bits per heavy atom. The molecule has 40 heavy (non-hydrogen) atoms. The molecule has 0 spiro atoms. The van der Waals surface area contributed by atoms with E-state index in [4.69, 9.17) is 0 Å². The van der Waals surface area contributed by atoms with Gasteiger partial charge in [0.2, 0.25) is 5.95 Å². The molecule has 1 aliphatic heterocycles. The van der Waals surface area contributed by atoms with Gasteiger partial charge in [-0.05, 0) is 18.2 Å². The number of aromatic amines is 1. The average molecular weight is 565 g/mol. The summed E-state index contributed by atoms with van der Waals surface area (Å²) in [6.45, 7) is 8.99. The van der Waals surface area contributed by atoms with E-state index in [2.05, 4.69) is 41.5 Å². The Hall–Kier alpha value is -4.20. The lowest BCUT2D eigenvalue weighted by Crippen LogP contribution is -2.44. The fourth-order valence-electron chi connectivity index (χ4n) is 4.49. The molecule has 5 rings (SSSR count). The fourth-order valence-corrected chi connectivity index (χ4v) is 5.45. The lowest BCUT2D eigenvalue weighted by molar-refractivity contribution is 0.103. The molecule has 0 atom stereocenters. The van der Waals surface area contributed by atoms with Gasteiger partial charge in [0.25, 0.3) is 0 Å². The first-order valence-electron chi connectivity index (χ1n) is 12.7. The van der Waals surface area contributed by atoms with Crippen LogP contribution in [-0.4, -0.2) is 78.2 Å². The third kappa shape index (κ3) is 5.18. The second-order valence-corrected chi connectivity index (χ2v) is 11.0. The molecule has 0 radical (unpaired) electrons. The number of nitrogens with one attached hydrogen (secondary N) is 3. The number of H-pyrrole nitrogens is 1. The second-order valence-electron chi connectivity index (χ2n) is 9.27. The number of carbonyl (C=O) groups excluding carboxylic acids is 1. The van der Waals surface area contributed by atoms with Crippen molar-refractivity contribution < 1.29 is 17.6 Å². The molecule has 11 nitrogen and oxygen atoms in total. The van der Waals surface area contributed by atoms with Gasteiger partial charge in [-0.1, -0.05) is 19.6 Å². The van der Waals surface area contributed by atoms with Crippen LogP contribution in [0.1, 0.15) is 28.4 Å². The van der Waals surface area contributed by atoms with Gasteiger partial charge in [-0.3, -0.25) is 9.52 Å². The highest BCUT2D eigenvalue weighted by atomic mass is 32.2. The van der Waals surface area contributed by atoms with Gasteiger partial charge in [0, 0.05) is 92.2 Å². The van der Waals surface area contributed by atoms with Crippen molar-refractivity contribution in [2.75, 3.05) is 49.4 Å². The minimum Gasteiger partial charge on any atom is -0.345 e. The fraction of sp³-hybridized carbons (Fsp3) is 0.259. The number of hydrogen-bond acceptors (Lipinski definition) is 8. The topological polar surface area (TPSA) is 136 Å². The van der Waals surface area contributed by atoms with E-state index >= 15 is 4.39 Å². The molecule has 1 aliphatic rings. The number of pyridine rings is 1. The third-order valence-corrected chi connectivity index (χ3v) is 8.42. The molecular formula is C27H29FN8O3S. The summed E-state index contributed by atoms with van der Waals surface area (Å²) in [5, 5.41) is 3.77. The van der Waals surface area contributed by atoms with Crippen LogP contribution in [0.25, 0.3) is 28.2 Å². The number of ketones is 1. The standard InChI is InChI=1S/C27H29FN8O3S/c1-4-19-23(34-40(38,39)35(3)5-2)7-6-22(28)24(19)25(37)21-16-31-26-20(21)12-17(13-30-26)18-14-32-27(33-15-18)36-10-8-29-9-11-36/h4,6-7,12-16,29,34H,1,5,8-11H2,2-3H3,(H,30,31). The normalized spacial score (nSPS) is 14.1. The van der Waals surface area contributed by atoms with Gasteiger partial charge in [-0.25, -0.2) is 19.3 Å². The van der Waals surface area contributed by atoms with Crippen LogP contribution >= 0.6 is 0 Å². The predicted molar refractivity (Wildman–Crippen MR) is 153 cm³/mol. The Morgan fingerprint density at radius 2 is 1.88 bits per heavy atom. The molecule has 0 aliphatic carbocycles. The summed E-state index contributed by atoms with van der Waals surface area (Å²) in [6, 6.07) is 4.09. The first-order chi connectivity index (χ1) is 19.2. The Labute approximate surface area is 231 Å². The van der Waals surface area contributed by atoms with Crippen LogP contribution in [0.2, 0.25) is 0 Å². The zero-order valence-electron chi connectivity index (χ0n) is 22.1. The highest BCUT2D eigenvalue weighted by molar-refractivity contribution is 7.90. The molecule has 1 fully saturated rings. The Kier molecular flexibility index (Phi) is 7.61.